The molecule has 0 aliphatic carbocycles. The normalized spacial score (nSPS) is 36.9. The Bertz CT molecular complexity index is 503. The molecule has 9 heteroatoms. The Hall–Kier alpha value is -0.370. The van der Waals surface area contributed by atoms with Crippen LogP contribution < -0.4 is 0 Å². The maximum Gasteiger partial charge on any atom is 0.316 e. The highest BCUT2D eigenvalue weighted by molar-refractivity contribution is 8.14. The highest BCUT2D eigenvalue weighted by Gasteiger charge is 2.41. The van der Waals surface area contributed by atoms with Gasteiger partial charge in [0.05, 0.1) is 17.8 Å². The first kappa shape index (κ1) is 16.5. The highest BCUT2D eigenvalue weighted by atomic mass is 32.2. The maximum atomic E-state index is 10.9. The number of ether oxygens (including phenoxy) is 1. The van der Waals surface area contributed by atoms with E-state index in [2.05, 4.69) is 0 Å². The van der Waals surface area contributed by atoms with E-state index in [1.807, 2.05) is 11.1 Å². The molecule has 7 nitrogen and oxygen atoms in total. The van der Waals surface area contributed by atoms with E-state index < -0.39 is 20.5 Å². The SMILES string of the molecule is N=C1SCCCC2CN([C@H]3CC(O[PH](=O)O)[C@@H](CO)O3)C=C12. The molecule has 3 heterocycles. The van der Waals surface area contributed by atoms with Crippen molar-refractivity contribution in [2.24, 2.45) is 5.92 Å². The van der Waals surface area contributed by atoms with Gasteiger partial charge in [0.25, 0.3) is 0 Å². The van der Waals surface area contributed by atoms with Crippen LogP contribution in [0.5, 0.6) is 0 Å². The molecule has 0 radical (unpaired) electrons. The number of nitrogens with zero attached hydrogens (tertiary/aromatic N) is 1. The Balaban J connectivity index is 1.69. The molecule has 3 unspecified atom stereocenters. The third-order valence-corrected chi connectivity index (χ3v) is 5.89. The van der Waals surface area contributed by atoms with Crippen molar-refractivity contribution in [1.82, 2.24) is 4.90 Å². The minimum absolute atomic E-state index is 0.240. The summed E-state index contributed by atoms with van der Waals surface area (Å²) in [7, 11) is -3.05. The number of hydrogen-bond donors (Lipinski definition) is 3. The summed E-state index contributed by atoms with van der Waals surface area (Å²) >= 11 is 1.59. The van der Waals surface area contributed by atoms with Crippen LogP contribution in [-0.2, 0) is 13.8 Å². The summed E-state index contributed by atoms with van der Waals surface area (Å²) in [5.41, 5.74) is 1.06. The van der Waals surface area contributed by atoms with Gasteiger partial charge in [-0.25, -0.2) is 0 Å². The Labute approximate surface area is 134 Å². The van der Waals surface area contributed by atoms with Gasteiger partial charge in [0.1, 0.15) is 12.3 Å². The number of aliphatic hydroxyl groups excluding tert-OH is 1. The Kier molecular flexibility index (Phi) is 5.27. The Morgan fingerprint density at radius 3 is 3.14 bits per heavy atom. The predicted octanol–water partition coefficient (Wildman–Crippen LogP) is 1.18. The van der Waals surface area contributed by atoms with Crippen LogP contribution in [0.15, 0.2) is 11.8 Å². The summed E-state index contributed by atoms with van der Waals surface area (Å²) in [4.78, 5) is 11.0. The zero-order valence-electron chi connectivity index (χ0n) is 12.1. The lowest BCUT2D eigenvalue weighted by molar-refractivity contribution is -0.0610. The molecule has 2 fully saturated rings. The van der Waals surface area contributed by atoms with Crippen molar-refractivity contribution in [3.05, 3.63) is 11.8 Å². The topological polar surface area (TPSA) is 103 Å². The van der Waals surface area contributed by atoms with E-state index in [4.69, 9.17) is 19.6 Å². The van der Waals surface area contributed by atoms with Crippen LogP contribution in [0, 0.1) is 11.3 Å². The van der Waals surface area contributed by atoms with Crippen LogP contribution >= 0.6 is 20.0 Å². The zero-order valence-corrected chi connectivity index (χ0v) is 13.9. The molecule has 0 aromatic carbocycles. The first-order chi connectivity index (χ1) is 10.6. The third-order valence-electron chi connectivity index (χ3n) is 4.36. The molecule has 0 saturated carbocycles. The smallest absolute Gasteiger partial charge is 0.316 e. The molecule has 0 aromatic heterocycles. The molecule has 22 heavy (non-hydrogen) atoms. The lowest BCUT2D eigenvalue weighted by atomic mass is 9.98. The van der Waals surface area contributed by atoms with Gasteiger partial charge in [-0.05, 0) is 18.6 Å². The average Bonchev–Trinajstić information content (AvgIpc) is 3.02. The van der Waals surface area contributed by atoms with Gasteiger partial charge in [-0.15, -0.1) is 11.8 Å². The van der Waals surface area contributed by atoms with E-state index >= 15 is 0 Å². The fraction of sp³-hybridized carbons (Fsp3) is 0.769. The van der Waals surface area contributed by atoms with Crippen LogP contribution in [-0.4, -0.2) is 57.3 Å². The lowest BCUT2D eigenvalue weighted by Crippen LogP contribution is -2.31. The maximum absolute atomic E-state index is 10.9. The highest BCUT2D eigenvalue weighted by Crippen LogP contribution is 2.38. The molecular formula is C13H21N2O5PS. The Morgan fingerprint density at radius 2 is 2.41 bits per heavy atom. The zero-order chi connectivity index (χ0) is 15.7. The van der Waals surface area contributed by atoms with Crippen LogP contribution in [0.2, 0.25) is 0 Å². The number of nitrogens with one attached hydrogen (secondary N) is 1. The summed E-state index contributed by atoms with van der Waals surface area (Å²) in [6.07, 6.45) is 3.17. The fourth-order valence-electron chi connectivity index (χ4n) is 3.29. The molecule has 124 valence electrons. The van der Waals surface area contributed by atoms with Gasteiger partial charge in [-0.2, -0.15) is 0 Å². The third kappa shape index (κ3) is 3.42. The summed E-state index contributed by atoms with van der Waals surface area (Å²) in [6.45, 7) is 0.554. The van der Waals surface area contributed by atoms with Gasteiger partial charge in [-0.1, -0.05) is 0 Å². The molecule has 3 N–H and O–H groups in total. The van der Waals surface area contributed by atoms with E-state index in [1.54, 1.807) is 11.8 Å². The standard InChI is InChI=1S/C13H21N2O5PS/c14-13-9-6-15(5-8(9)2-1-3-22-13)12-4-10(20-21(17)18)11(7-16)19-12/h6,8,10-12,14,16,21H,1-5,7H2,(H,17,18)/t8?,10?,11-,12-/m1/s1. The molecule has 3 aliphatic heterocycles. The van der Waals surface area contributed by atoms with Crippen molar-refractivity contribution < 1.29 is 23.8 Å². The second kappa shape index (κ2) is 7.03. The van der Waals surface area contributed by atoms with E-state index in [9.17, 15) is 9.67 Å². The molecule has 0 amide bonds. The molecular weight excluding hydrogens is 327 g/mol. The van der Waals surface area contributed by atoms with Crippen molar-refractivity contribution in [2.75, 3.05) is 18.9 Å². The quantitative estimate of drug-likeness (QED) is 0.656. The molecule has 5 atom stereocenters. The van der Waals surface area contributed by atoms with Crippen molar-refractivity contribution >= 4 is 25.1 Å². The summed E-state index contributed by atoms with van der Waals surface area (Å²) in [6, 6.07) is 0. The van der Waals surface area contributed by atoms with E-state index in [1.165, 1.54) is 0 Å². The summed E-state index contributed by atoms with van der Waals surface area (Å²) in [5.74, 6) is 1.36. The van der Waals surface area contributed by atoms with Crippen molar-refractivity contribution in [1.29, 1.82) is 5.41 Å². The summed E-state index contributed by atoms with van der Waals surface area (Å²) < 4.78 is 21.7. The van der Waals surface area contributed by atoms with Gasteiger partial charge < -0.3 is 24.2 Å². The number of hydrogen-bond acceptors (Lipinski definition) is 7. The van der Waals surface area contributed by atoms with E-state index in [0.29, 0.717) is 17.4 Å². The summed E-state index contributed by atoms with van der Waals surface area (Å²) in [5, 5.41) is 18.1. The number of fused-ring (bicyclic) bond motifs is 1. The number of aliphatic hydroxyl groups is 1. The van der Waals surface area contributed by atoms with Gasteiger partial charge in [-0.3, -0.25) is 9.97 Å². The minimum atomic E-state index is -3.05. The molecule has 0 bridgehead atoms. The molecule has 3 rings (SSSR count). The van der Waals surface area contributed by atoms with Gasteiger partial charge in [0.15, 0.2) is 0 Å². The van der Waals surface area contributed by atoms with Crippen molar-refractivity contribution in [2.45, 2.75) is 37.7 Å². The van der Waals surface area contributed by atoms with Crippen molar-refractivity contribution in [3.63, 3.8) is 0 Å². The molecule has 0 spiro atoms. The van der Waals surface area contributed by atoms with Gasteiger partial charge in [0.2, 0.25) is 0 Å². The second-order valence-electron chi connectivity index (χ2n) is 5.77. The van der Waals surface area contributed by atoms with Crippen LogP contribution in [0.1, 0.15) is 19.3 Å². The van der Waals surface area contributed by atoms with Crippen LogP contribution in [0.3, 0.4) is 0 Å². The fourth-order valence-corrected chi connectivity index (χ4v) is 4.70. The average molecular weight is 348 g/mol. The lowest BCUT2D eigenvalue weighted by Gasteiger charge is -2.24. The molecule has 2 saturated heterocycles. The first-order valence-electron chi connectivity index (χ1n) is 7.43. The number of thioether (sulfide) groups is 1. The number of rotatable bonds is 4. The monoisotopic (exact) mass is 348 g/mol. The van der Waals surface area contributed by atoms with Crippen LogP contribution in [0.4, 0.5) is 0 Å². The van der Waals surface area contributed by atoms with Gasteiger partial charge in [0, 0.05) is 30.7 Å². The van der Waals surface area contributed by atoms with Gasteiger partial charge >= 0.3 is 8.25 Å². The van der Waals surface area contributed by atoms with E-state index in [0.717, 1.165) is 30.7 Å². The Morgan fingerprint density at radius 1 is 1.59 bits per heavy atom. The van der Waals surface area contributed by atoms with E-state index in [-0.39, 0.29) is 12.8 Å². The predicted molar refractivity (Wildman–Crippen MR) is 84.2 cm³/mol. The molecule has 3 aliphatic rings. The molecule has 0 aromatic rings. The van der Waals surface area contributed by atoms with Crippen LogP contribution in [0.25, 0.3) is 0 Å². The largest absolute Gasteiger partial charge is 0.394 e. The second-order valence-corrected chi connectivity index (χ2v) is 7.64. The first-order valence-corrected chi connectivity index (χ1v) is 9.68. The minimum Gasteiger partial charge on any atom is -0.394 e. The van der Waals surface area contributed by atoms with Crippen molar-refractivity contribution in [3.8, 4) is 0 Å².